The van der Waals surface area contributed by atoms with E-state index in [-0.39, 0.29) is 5.91 Å². The van der Waals surface area contributed by atoms with Gasteiger partial charge in [0.15, 0.2) is 0 Å². The van der Waals surface area contributed by atoms with Gasteiger partial charge in [-0.25, -0.2) is 0 Å². The summed E-state index contributed by atoms with van der Waals surface area (Å²) in [5.41, 5.74) is 1.39. The number of carbonyl (C=O) groups excluding carboxylic acids is 1. The molecule has 3 aromatic carbocycles. The number of nitrogens with one attached hydrogen (secondary N) is 1. The zero-order chi connectivity index (χ0) is 17.8. The lowest BCUT2D eigenvalue weighted by molar-refractivity contribution is -0.111. The van der Waals surface area contributed by atoms with Crippen LogP contribution in [0, 0.1) is 0 Å². The molecule has 3 nitrogen and oxygen atoms in total. The Morgan fingerprint density at radius 1 is 1.08 bits per heavy atom. The van der Waals surface area contributed by atoms with Gasteiger partial charge < -0.3 is 10.1 Å². The Balaban J connectivity index is 1.84. The van der Waals surface area contributed by atoms with Crippen LogP contribution in [0.25, 0.3) is 16.8 Å². The van der Waals surface area contributed by atoms with E-state index in [1.165, 1.54) is 13.2 Å². The molecular weight excluding hydrogens is 357 g/mol. The van der Waals surface area contributed by atoms with Gasteiger partial charge in [-0.1, -0.05) is 59.6 Å². The molecule has 0 spiro atoms. The second-order valence-electron chi connectivity index (χ2n) is 5.36. The molecule has 0 aliphatic heterocycles. The molecule has 0 saturated heterocycles. The molecule has 0 aliphatic rings. The number of amides is 1. The fraction of sp³-hybridized carbons (Fsp3) is 0.0500. The van der Waals surface area contributed by atoms with E-state index in [2.05, 4.69) is 5.32 Å². The normalized spacial score (nSPS) is 11.0. The van der Waals surface area contributed by atoms with Crippen LogP contribution >= 0.6 is 23.2 Å². The van der Waals surface area contributed by atoms with Gasteiger partial charge in [0, 0.05) is 27.7 Å². The van der Waals surface area contributed by atoms with Crippen molar-refractivity contribution in [1.29, 1.82) is 0 Å². The standard InChI is InChI=1S/C20H15Cl2NO2/c1-25-20-14(11-15(21)12-17(20)22)9-10-19(24)23-18-8-4-6-13-5-2-3-7-16(13)18/h2-12H,1H3,(H,23,24). The van der Waals surface area contributed by atoms with Gasteiger partial charge in [0.25, 0.3) is 0 Å². The predicted octanol–water partition coefficient (Wildman–Crippen LogP) is 5.81. The zero-order valence-electron chi connectivity index (χ0n) is 13.4. The smallest absolute Gasteiger partial charge is 0.248 e. The molecule has 3 aromatic rings. The Morgan fingerprint density at radius 2 is 1.84 bits per heavy atom. The van der Waals surface area contributed by atoms with Gasteiger partial charge in [-0.3, -0.25) is 4.79 Å². The Labute approximate surface area is 155 Å². The zero-order valence-corrected chi connectivity index (χ0v) is 14.9. The number of carbonyl (C=O) groups is 1. The number of fused-ring (bicyclic) bond motifs is 1. The maximum Gasteiger partial charge on any atom is 0.248 e. The minimum atomic E-state index is -0.255. The quantitative estimate of drug-likeness (QED) is 0.587. The first kappa shape index (κ1) is 17.3. The fourth-order valence-electron chi connectivity index (χ4n) is 2.59. The number of hydrogen-bond acceptors (Lipinski definition) is 2. The number of ether oxygens (including phenoxy) is 1. The van der Waals surface area contributed by atoms with E-state index < -0.39 is 0 Å². The molecule has 1 N–H and O–H groups in total. The molecule has 5 heteroatoms. The van der Waals surface area contributed by atoms with Crippen molar-refractivity contribution >= 4 is 51.6 Å². The first-order valence-electron chi connectivity index (χ1n) is 7.58. The summed E-state index contributed by atoms with van der Waals surface area (Å²) in [6.07, 6.45) is 3.04. The Kier molecular flexibility index (Phi) is 5.27. The van der Waals surface area contributed by atoms with E-state index >= 15 is 0 Å². The number of benzene rings is 3. The largest absolute Gasteiger partial charge is 0.495 e. The van der Waals surface area contributed by atoms with Gasteiger partial charge in [0.05, 0.1) is 12.1 Å². The van der Waals surface area contributed by atoms with Crippen LogP contribution < -0.4 is 10.1 Å². The fourth-order valence-corrected chi connectivity index (χ4v) is 3.18. The minimum Gasteiger partial charge on any atom is -0.495 e. The number of hydrogen-bond donors (Lipinski definition) is 1. The third kappa shape index (κ3) is 3.95. The molecule has 25 heavy (non-hydrogen) atoms. The van der Waals surface area contributed by atoms with Crippen LogP contribution in [0.2, 0.25) is 10.0 Å². The van der Waals surface area contributed by atoms with Crippen molar-refractivity contribution in [2.75, 3.05) is 12.4 Å². The van der Waals surface area contributed by atoms with Crippen LogP contribution in [0.3, 0.4) is 0 Å². The monoisotopic (exact) mass is 371 g/mol. The molecule has 3 rings (SSSR count). The Morgan fingerprint density at radius 3 is 2.64 bits per heavy atom. The molecule has 0 heterocycles. The highest BCUT2D eigenvalue weighted by Gasteiger charge is 2.08. The highest BCUT2D eigenvalue weighted by molar-refractivity contribution is 6.36. The molecular formula is C20H15Cl2NO2. The third-order valence-electron chi connectivity index (χ3n) is 3.70. The van der Waals surface area contributed by atoms with Crippen LogP contribution in [-0.4, -0.2) is 13.0 Å². The van der Waals surface area contributed by atoms with Crippen molar-refractivity contribution in [2.24, 2.45) is 0 Å². The van der Waals surface area contributed by atoms with Crippen molar-refractivity contribution in [2.45, 2.75) is 0 Å². The van der Waals surface area contributed by atoms with E-state index in [0.29, 0.717) is 21.4 Å². The molecule has 0 atom stereocenters. The minimum absolute atomic E-state index is 0.255. The van der Waals surface area contributed by atoms with E-state index in [1.54, 1.807) is 18.2 Å². The van der Waals surface area contributed by atoms with E-state index in [4.69, 9.17) is 27.9 Å². The number of halogens is 2. The van der Waals surface area contributed by atoms with Gasteiger partial charge in [-0.2, -0.15) is 0 Å². The van der Waals surface area contributed by atoms with Crippen LogP contribution in [-0.2, 0) is 4.79 Å². The van der Waals surface area contributed by atoms with Gasteiger partial charge in [-0.15, -0.1) is 0 Å². The highest BCUT2D eigenvalue weighted by Crippen LogP contribution is 2.33. The molecule has 0 fully saturated rings. The van der Waals surface area contributed by atoms with E-state index in [9.17, 15) is 4.79 Å². The summed E-state index contributed by atoms with van der Waals surface area (Å²) in [4.78, 5) is 12.3. The summed E-state index contributed by atoms with van der Waals surface area (Å²) >= 11 is 12.1. The topological polar surface area (TPSA) is 38.3 Å². The van der Waals surface area contributed by atoms with Gasteiger partial charge in [-0.05, 0) is 29.7 Å². The van der Waals surface area contributed by atoms with Gasteiger partial charge in [0.1, 0.15) is 5.75 Å². The maximum absolute atomic E-state index is 12.3. The van der Waals surface area contributed by atoms with Crippen LogP contribution in [0.1, 0.15) is 5.56 Å². The average molecular weight is 372 g/mol. The summed E-state index contributed by atoms with van der Waals surface area (Å²) in [5.74, 6) is 0.217. The lowest BCUT2D eigenvalue weighted by Crippen LogP contribution is -2.08. The summed E-state index contributed by atoms with van der Waals surface area (Å²) in [5, 5.41) is 5.80. The molecule has 0 radical (unpaired) electrons. The van der Waals surface area contributed by atoms with Gasteiger partial charge >= 0.3 is 0 Å². The molecule has 126 valence electrons. The van der Waals surface area contributed by atoms with Gasteiger partial charge in [0.2, 0.25) is 5.91 Å². The molecule has 1 amide bonds. The predicted molar refractivity (Wildman–Crippen MR) is 105 cm³/mol. The molecule has 0 bridgehead atoms. The van der Waals surface area contributed by atoms with Crippen LogP contribution in [0.15, 0.2) is 60.7 Å². The van der Waals surface area contributed by atoms with E-state index in [0.717, 1.165) is 16.5 Å². The van der Waals surface area contributed by atoms with Crippen molar-refractivity contribution in [3.05, 3.63) is 76.3 Å². The maximum atomic E-state index is 12.3. The first-order valence-corrected chi connectivity index (χ1v) is 8.34. The summed E-state index contributed by atoms with van der Waals surface area (Å²) in [7, 11) is 1.52. The molecule has 0 unspecified atom stereocenters. The number of methoxy groups -OCH3 is 1. The van der Waals surface area contributed by atoms with E-state index in [1.807, 2.05) is 42.5 Å². The van der Waals surface area contributed by atoms with Crippen LogP contribution in [0.5, 0.6) is 5.75 Å². The molecule has 0 aromatic heterocycles. The highest BCUT2D eigenvalue weighted by atomic mass is 35.5. The Hall–Kier alpha value is -2.49. The summed E-state index contributed by atoms with van der Waals surface area (Å²) < 4.78 is 5.27. The molecule has 0 saturated carbocycles. The van der Waals surface area contributed by atoms with Crippen LogP contribution in [0.4, 0.5) is 5.69 Å². The average Bonchev–Trinajstić information content (AvgIpc) is 2.60. The third-order valence-corrected chi connectivity index (χ3v) is 4.20. The lowest BCUT2D eigenvalue weighted by Gasteiger charge is -2.08. The van der Waals surface area contributed by atoms with Crippen molar-refractivity contribution < 1.29 is 9.53 Å². The number of rotatable bonds is 4. The number of anilines is 1. The summed E-state index contributed by atoms with van der Waals surface area (Å²) in [6.45, 7) is 0. The SMILES string of the molecule is COc1c(Cl)cc(Cl)cc1C=CC(=O)Nc1cccc2ccccc12. The van der Waals surface area contributed by atoms with Crippen molar-refractivity contribution in [3.8, 4) is 5.75 Å². The second-order valence-corrected chi connectivity index (χ2v) is 6.20. The van der Waals surface area contributed by atoms with Crippen molar-refractivity contribution in [1.82, 2.24) is 0 Å². The molecule has 0 aliphatic carbocycles. The second kappa shape index (κ2) is 7.60. The first-order chi connectivity index (χ1) is 12.1. The van der Waals surface area contributed by atoms with Crippen molar-refractivity contribution in [3.63, 3.8) is 0 Å². The Bertz CT molecular complexity index is 962. The summed E-state index contributed by atoms with van der Waals surface area (Å²) in [6, 6.07) is 16.9. The lowest BCUT2D eigenvalue weighted by atomic mass is 10.1.